The van der Waals surface area contributed by atoms with Crippen molar-refractivity contribution in [3.8, 4) is 11.4 Å². The molecule has 6 N–H and O–H groups in total. The number of aliphatic imine (C=N–C) groups is 1. The Balaban J connectivity index is 1.52. The van der Waals surface area contributed by atoms with Crippen LogP contribution >= 0.6 is 11.8 Å². The molecule has 0 radical (unpaired) electrons. The van der Waals surface area contributed by atoms with Crippen molar-refractivity contribution < 1.29 is 19.1 Å². The van der Waals surface area contributed by atoms with Crippen molar-refractivity contribution in [1.29, 1.82) is 0 Å². The Kier molecular flexibility index (Phi) is 9.20. The normalized spacial score (nSPS) is 13.8. The molecule has 0 spiro atoms. The molecule has 12 nitrogen and oxygen atoms in total. The first-order valence-corrected chi connectivity index (χ1v) is 14.7. The van der Waals surface area contributed by atoms with E-state index in [1.807, 2.05) is 41.0 Å². The summed E-state index contributed by atoms with van der Waals surface area (Å²) in [4.78, 5) is 52.5. The zero-order valence-electron chi connectivity index (χ0n) is 23.6. The molecule has 0 aliphatic carbocycles. The first-order chi connectivity index (χ1) is 20.8. The first-order valence-electron chi connectivity index (χ1n) is 13.9. The van der Waals surface area contributed by atoms with Gasteiger partial charge in [0.25, 0.3) is 5.91 Å². The second-order valence-electron chi connectivity index (χ2n) is 9.75. The van der Waals surface area contributed by atoms with Gasteiger partial charge in [-0.25, -0.2) is 9.97 Å². The van der Waals surface area contributed by atoms with Gasteiger partial charge >= 0.3 is 5.97 Å². The van der Waals surface area contributed by atoms with Gasteiger partial charge in [0.1, 0.15) is 16.9 Å². The van der Waals surface area contributed by atoms with E-state index in [0.717, 1.165) is 15.5 Å². The number of aromatic nitrogens is 3. The summed E-state index contributed by atoms with van der Waals surface area (Å²) in [5.41, 5.74) is 14.0. The van der Waals surface area contributed by atoms with Crippen LogP contribution in [-0.2, 0) is 14.3 Å². The van der Waals surface area contributed by atoms with Crippen LogP contribution in [0, 0.1) is 0 Å². The number of guanidine groups is 1. The third-order valence-electron chi connectivity index (χ3n) is 6.77. The molecule has 2 aromatic heterocycles. The Morgan fingerprint density at radius 3 is 2.79 bits per heavy atom. The van der Waals surface area contributed by atoms with Crippen molar-refractivity contribution in [2.45, 2.75) is 42.1 Å². The number of carbonyl (C=O) groups excluding carboxylic acids is 3. The van der Waals surface area contributed by atoms with E-state index < -0.39 is 6.04 Å². The SMILES string of the molecule is CCOC(=O)CCNC(=O)c1ccc2c(c1)nc1n2C(CCCN=C(N)N)C(=O)Nc2ccc(Sc3ccccn3)cc2-1. The summed E-state index contributed by atoms with van der Waals surface area (Å²) in [5, 5.41) is 6.66. The summed E-state index contributed by atoms with van der Waals surface area (Å²) in [5.74, 6) is -0.305. The molecule has 13 heteroatoms. The Hall–Kier alpha value is -4.91. The number of rotatable bonds is 11. The van der Waals surface area contributed by atoms with Crippen LogP contribution in [0.5, 0.6) is 0 Å². The van der Waals surface area contributed by atoms with Crippen molar-refractivity contribution in [2.24, 2.45) is 16.5 Å². The lowest BCUT2D eigenvalue weighted by Crippen LogP contribution is -2.26. The number of nitrogens with zero attached hydrogens (tertiary/aromatic N) is 4. The maximum Gasteiger partial charge on any atom is 0.307 e. The van der Waals surface area contributed by atoms with E-state index in [-0.39, 0.29) is 43.3 Å². The quantitative estimate of drug-likeness (QED) is 0.0868. The minimum atomic E-state index is -0.599. The summed E-state index contributed by atoms with van der Waals surface area (Å²) >= 11 is 1.50. The number of benzene rings is 2. The maximum absolute atomic E-state index is 13.6. The Bertz CT molecular complexity index is 1680. The van der Waals surface area contributed by atoms with Crippen LogP contribution in [0.1, 0.15) is 42.6 Å². The number of fused-ring (bicyclic) bond motifs is 5. The van der Waals surface area contributed by atoms with Gasteiger partial charge in [0, 0.05) is 35.3 Å². The van der Waals surface area contributed by atoms with E-state index in [1.54, 1.807) is 31.3 Å². The van der Waals surface area contributed by atoms with Crippen molar-refractivity contribution in [1.82, 2.24) is 19.9 Å². The highest BCUT2D eigenvalue weighted by Gasteiger charge is 2.31. The minimum absolute atomic E-state index is 0.00232. The highest BCUT2D eigenvalue weighted by Crippen LogP contribution is 2.40. The molecule has 1 aliphatic rings. The lowest BCUT2D eigenvalue weighted by Gasteiger charge is -2.18. The molecule has 43 heavy (non-hydrogen) atoms. The van der Waals surface area contributed by atoms with Gasteiger partial charge in [0.2, 0.25) is 5.91 Å². The standard InChI is InChI=1S/C30H32N8O4S/c1-2-42-26(39)12-15-34-28(40)18-8-11-23-22(16-18)36-27-20-17-19(43-25-7-3-4-13-33-25)9-10-21(20)37-29(41)24(38(23)27)6-5-14-35-30(31)32/h3-4,7-11,13,16-17,24H,2,5-6,12,14-15H2,1H3,(H,34,40)(H,37,41)(H4,31,32,35). The van der Waals surface area contributed by atoms with E-state index in [9.17, 15) is 14.4 Å². The van der Waals surface area contributed by atoms with Gasteiger partial charge in [0.05, 0.1) is 29.7 Å². The molecular formula is C30H32N8O4S. The zero-order valence-corrected chi connectivity index (χ0v) is 24.4. The summed E-state index contributed by atoms with van der Waals surface area (Å²) in [6.07, 6.45) is 2.84. The van der Waals surface area contributed by atoms with Gasteiger partial charge in [-0.1, -0.05) is 17.8 Å². The van der Waals surface area contributed by atoms with Gasteiger partial charge in [-0.3, -0.25) is 19.4 Å². The van der Waals surface area contributed by atoms with E-state index in [1.165, 1.54) is 11.8 Å². The minimum Gasteiger partial charge on any atom is -0.466 e. The fraction of sp³-hybridized carbons (Fsp3) is 0.267. The van der Waals surface area contributed by atoms with E-state index in [0.29, 0.717) is 47.5 Å². The van der Waals surface area contributed by atoms with Crippen LogP contribution in [0.2, 0.25) is 0 Å². The van der Waals surface area contributed by atoms with Crippen molar-refractivity contribution >= 4 is 52.2 Å². The molecule has 1 aliphatic heterocycles. The van der Waals surface area contributed by atoms with Crippen LogP contribution in [0.3, 0.4) is 0 Å². The van der Waals surface area contributed by atoms with Crippen LogP contribution in [0.4, 0.5) is 5.69 Å². The average molecular weight is 601 g/mol. The number of nitrogens with one attached hydrogen (secondary N) is 2. The molecule has 0 fully saturated rings. The lowest BCUT2D eigenvalue weighted by molar-refractivity contribution is -0.142. The molecular weight excluding hydrogens is 568 g/mol. The molecule has 4 aromatic rings. The predicted molar refractivity (Wildman–Crippen MR) is 165 cm³/mol. The van der Waals surface area contributed by atoms with Crippen LogP contribution in [0.25, 0.3) is 22.4 Å². The molecule has 3 heterocycles. The number of esters is 1. The van der Waals surface area contributed by atoms with Gasteiger partial charge < -0.3 is 31.4 Å². The number of nitrogens with two attached hydrogens (primary N) is 2. The van der Waals surface area contributed by atoms with Gasteiger partial charge in [-0.05, 0) is 68.3 Å². The van der Waals surface area contributed by atoms with E-state index in [2.05, 4.69) is 20.6 Å². The lowest BCUT2D eigenvalue weighted by atomic mass is 10.1. The van der Waals surface area contributed by atoms with Crippen molar-refractivity contribution in [2.75, 3.05) is 25.0 Å². The van der Waals surface area contributed by atoms with Gasteiger partial charge in [-0.2, -0.15) is 0 Å². The van der Waals surface area contributed by atoms with E-state index >= 15 is 0 Å². The van der Waals surface area contributed by atoms with Crippen LogP contribution in [-0.4, -0.2) is 58.0 Å². The highest BCUT2D eigenvalue weighted by atomic mass is 32.2. The van der Waals surface area contributed by atoms with Crippen LogP contribution in [0.15, 0.2) is 75.7 Å². The number of amides is 2. The van der Waals surface area contributed by atoms with Crippen LogP contribution < -0.4 is 22.1 Å². The largest absolute Gasteiger partial charge is 0.466 e. The second kappa shape index (κ2) is 13.4. The molecule has 1 unspecified atom stereocenters. The average Bonchev–Trinajstić information content (AvgIpc) is 3.31. The summed E-state index contributed by atoms with van der Waals surface area (Å²) in [6.45, 7) is 2.54. The fourth-order valence-electron chi connectivity index (χ4n) is 4.85. The van der Waals surface area contributed by atoms with Crippen molar-refractivity contribution in [3.63, 3.8) is 0 Å². The number of anilines is 1. The molecule has 0 saturated heterocycles. The number of hydrogen-bond donors (Lipinski definition) is 4. The summed E-state index contributed by atoms with van der Waals surface area (Å²) in [7, 11) is 0. The predicted octanol–water partition coefficient (Wildman–Crippen LogP) is 3.48. The number of hydrogen-bond acceptors (Lipinski definition) is 8. The third-order valence-corrected chi connectivity index (χ3v) is 7.71. The number of ether oxygens (including phenoxy) is 1. The molecule has 222 valence electrons. The molecule has 0 bridgehead atoms. The van der Waals surface area contributed by atoms with Gasteiger partial charge in [-0.15, -0.1) is 0 Å². The van der Waals surface area contributed by atoms with Crippen molar-refractivity contribution in [3.05, 3.63) is 66.4 Å². The topological polar surface area (TPSA) is 180 Å². The second-order valence-corrected chi connectivity index (χ2v) is 10.8. The Morgan fingerprint density at radius 1 is 1.16 bits per heavy atom. The molecule has 1 atom stereocenters. The molecule has 2 aromatic carbocycles. The smallest absolute Gasteiger partial charge is 0.307 e. The number of pyridine rings is 1. The zero-order chi connectivity index (χ0) is 30.3. The molecule has 5 rings (SSSR count). The fourth-order valence-corrected chi connectivity index (χ4v) is 5.67. The molecule has 2 amide bonds. The van der Waals surface area contributed by atoms with Gasteiger partial charge in [0.15, 0.2) is 5.96 Å². The monoisotopic (exact) mass is 600 g/mol. The first kappa shape index (κ1) is 29.6. The summed E-state index contributed by atoms with van der Waals surface area (Å²) in [6, 6.07) is 16.1. The number of imidazole rings is 1. The van der Waals surface area contributed by atoms with E-state index in [4.69, 9.17) is 21.2 Å². The Morgan fingerprint density at radius 2 is 2.02 bits per heavy atom. The summed E-state index contributed by atoms with van der Waals surface area (Å²) < 4.78 is 6.84. The Labute approximate surface area is 252 Å². The highest BCUT2D eigenvalue weighted by molar-refractivity contribution is 7.99. The molecule has 0 saturated carbocycles. The third kappa shape index (κ3) is 6.95. The maximum atomic E-state index is 13.6. The number of carbonyl (C=O) groups is 3.